The van der Waals surface area contributed by atoms with Gasteiger partial charge in [0.05, 0.1) is 6.10 Å². The third kappa shape index (κ3) is 1.95. The Labute approximate surface area is 72.1 Å². The third-order valence-corrected chi connectivity index (χ3v) is 2.41. The summed E-state index contributed by atoms with van der Waals surface area (Å²) in [6, 6.07) is -0.384. The van der Waals surface area contributed by atoms with Crippen molar-refractivity contribution in [1.82, 2.24) is 4.90 Å². The van der Waals surface area contributed by atoms with E-state index in [9.17, 15) is 4.79 Å². The molecule has 2 atom stereocenters. The minimum atomic E-state index is -0.758. The zero-order chi connectivity index (χ0) is 9.14. The van der Waals surface area contributed by atoms with Crippen LogP contribution in [0, 0.1) is 0 Å². The molecular weight excluding hydrogens is 158 g/mol. The summed E-state index contributed by atoms with van der Waals surface area (Å²) in [5.74, 6) is -0.758. The Bertz CT molecular complexity index is 172. The van der Waals surface area contributed by atoms with Gasteiger partial charge in [0.1, 0.15) is 6.04 Å². The number of hydrogen-bond donors (Lipinski definition) is 1. The predicted octanol–water partition coefficient (Wildman–Crippen LogP) is 0.180. The second-order valence-corrected chi connectivity index (χ2v) is 3.16. The number of likely N-dealkylation sites (tertiary alicyclic amines) is 1. The Morgan fingerprint density at radius 2 is 2.42 bits per heavy atom. The van der Waals surface area contributed by atoms with E-state index in [0.717, 1.165) is 19.5 Å². The minimum absolute atomic E-state index is 0.215. The molecule has 1 saturated heterocycles. The second-order valence-electron chi connectivity index (χ2n) is 3.16. The highest BCUT2D eigenvalue weighted by Gasteiger charge is 2.28. The first-order valence-electron chi connectivity index (χ1n) is 4.14. The van der Waals surface area contributed by atoms with Gasteiger partial charge in [-0.1, -0.05) is 0 Å². The Morgan fingerprint density at radius 1 is 1.75 bits per heavy atom. The molecule has 0 radical (unpaired) electrons. The standard InChI is InChI=1S/C8H15NO3/c1-6(8(10)11)9-4-3-7(5-9)12-2/h6-7H,3-5H2,1-2H3,(H,10,11)/t6-,7-/m0/s1. The van der Waals surface area contributed by atoms with Gasteiger partial charge in [0.15, 0.2) is 0 Å². The summed E-state index contributed by atoms with van der Waals surface area (Å²) < 4.78 is 5.14. The van der Waals surface area contributed by atoms with Gasteiger partial charge in [-0.25, -0.2) is 0 Å². The largest absolute Gasteiger partial charge is 0.480 e. The number of carbonyl (C=O) groups is 1. The summed E-state index contributed by atoms with van der Waals surface area (Å²) in [5, 5.41) is 8.72. The number of nitrogens with zero attached hydrogens (tertiary/aromatic N) is 1. The molecule has 0 aromatic carbocycles. The number of aliphatic carboxylic acids is 1. The van der Waals surface area contributed by atoms with Crippen molar-refractivity contribution in [1.29, 1.82) is 0 Å². The van der Waals surface area contributed by atoms with E-state index in [4.69, 9.17) is 9.84 Å². The van der Waals surface area contributed by atoms with E-state index < -0.39 is 5.97 Å². The van der Waals surface area contributed by atoms with Crippen molar-refractivity contribution in [2.24, 2.45) is 0 Å². The fourth-order valence-corrected chi connectivity index (χ4v) is 1.45. The molecule has 1 aliphatic heterocycles. The molecule has 1 heterocycles. The molecule has 70 valence electrons. The molecule has 0 aromatic heterocycles. The lowest BCUT2D eigenvalue weighted by Crippen LogP contribution is -2.37. The normalized spacial score (nSPS) is 27.3. The van der Waals surface area contributed by atoms with Gasteiger partial charge < -0.3 is 9.84 Å². The molecular formula is C8H15NO3. The average molecular weight is 173 g/mol. The van der Waals surface area contributed by atoms with Gasteiger partial charge in [0.2, 0.25) is 0 Å². The lowest BCUT2D eigenvalue weighted by atomic mass is 10.3. The molecule has 0 aromatic rings. The van der Waals surface area contributed by atoms with E-state index in [2.05, 4.69) is 0 Å². The second kappa shape index (κ2) is 3.87. The summed E-state index contributed by atoms with van der Waals surface area (Å²) in [6.07, 6.45) is 1.15. The maximum absolute atomic E-state index is 10.6. The zero-order valence-electron chi connectivity index (χ0n) is 7.49. The number of ether oxygens (including phenoxy) is 1. The van der Waals surface area contributed by atoms with Crippen LogP contribution in [0.2, 0.25) is 0 Å². The maximum atomic E-state index is 10.6. The number of hydrogen-bond acceptors (Lipinski definition) is 3. The molecule has 0 saturated carbocycles. The van der Waals surface area contributed by atoms with Crippen molar-refractivity contribution >= 4 is 5.97 Å². The fourth-order valence-electron chi connectivity index (χ4n) is 1.45. The van der Waals surface area contributed by atoms with Crippen LogP contribution in [-0.2, 0) is 9.53 Å². The molecule has 4 nitrogen and oxygen atoms in total. The quantitative estimate of drug-likeness (QED) is 0.661. The third-order valence-electron chi connectivity index (χ3n) is 2.41. The van der Waals surface area contributed by atoms with Gasteiger partial charge >= 0.3 is 5.97 Å². The Kier molecular flexibility index (Phi) is 3.05. The topological polar surface area (TPSA) is 49.8 Å². The molecule has 0 spiro atoms. The van der Waals surface area contributed by atoms with Gasteiger partial charge in [-0.05, 0) is 13.3 Å². The minimum Gasteiger partial charge on any atom is -0.480 e. The van der Waals surface area contributed by atoms with Crippen molar-refractivity contribution in [3.8, 4) is 0 Å². The molecule has 12 heavy (non-hydrogen) atoms. The first-order chi connectivity index (χ1) is 5.65. The van der Waals surface area contributed by atoms with Crippen molar-refractivity contribution in [3.63, 3.8) is 0 Å². The van der Waals surface area contributed by atoms with Crippen LogP contribution in [-0.4, -0.2) is 48.3 Å². The summed E-state index contributed by atoms with van der Waals surface area (Å²) in [7, 11) is 1.67. The van der Waals surface area contributed by atoms with Gasteiger partial charge in [-0.3, -0.25) is 9.69 Å². The van der Waals surface area contributed by atoms with E-state index in [-0.39, 0.29) is 12.1 Å². The highest BCUT2D eigenvalue weighted by atomic mass is 16.5. The van der Waals surface area contributed by atoms with Crippen molar-refractivity contribution < 1.29 is 14.6 Å². The number of methoxy groups -OCH3 is 1. The maximum Gasteiger partial charge on any atom is 0.320 e. The summed E-state index contributed by atoms with van der Waals surface area (Å²) >= 11 is 0. The SMILES string of the molecule is CO[C@H]1CCN([C@@H](C)C(=O)O)C1. The molecule has 4 heteroatoms. The number of carboxylic acids is 1. The lowest BCUT2D eigenvalue weighted by Gasteiger charge is -2.19. The highest BCUT2D eigenvalue weighted by molar-refractivity contribution is 5.72. The van der Waals surface area contributed by atoms with Crippen molar-refractivity contribution in [2.45, 2.75) is 25.5 Å². The molecule has 1 aliphatic rings. The van der Waals surface area contributed by atoms with Crippen molar-refractivity contribution in [2.75, 3.05) is 20.2 Å². The van der Waals surface area contributed by atoms with E-state index in [1.54, 1.807) is 14.0 Å². The van der Waals surface area contributed by atoms with Crippen molar-refractivity contribution in [3.05, 3.63) is 0 Å². The zero-order valence-corrected chi connectivity index (χ0v) is 7.49. The summed E-state index contributed by atoms with van der Waals surface area (Å²) in [6.45, 7) is 3.27. The van der Waals surface area contributed by atoms with E-state index >= 15 is 0 Å². The van der Waals surface area contributed by atoms with Crippen LogP contribution < -0.4 is 0 Å². The van der Waals surface area contributed by atoms with Crippen LogP contribution >= 0.6 is 0 Å². The molecule has 0 aliphatic carbocycles. The van der Waals surface area contributed by atoms with Crippen LogP contribution in [0.1, 0.15) is 13.3 Å². The smallest absolute Gasteiger partial charge is 0.320 e. The van der Waals surface area contributed by atoms with Gasteiger partial charge in [-0.15, -0.1) is 0 Å². The lowest BCUT2D eigenvalue weighted by molar-refractivity contribution is -0.142. The van der Waals surface area contributed by atoms with Crippen LogP contribution in [0.3, 0.4) is 0 Å². The van der Waals surface area contributed by atoms with Crippen LogP contribution in [0.15, 0.2) is 0 Å². The van der Waals surface area contributed by atoms with E-state index in [0.29, 0.717) is 0 Å². The molecule has 0 bridgehead atoms. The molecule has 0 amide bonds. The van der Waals surface area contributed by atoms with Gasteiger partial charge in [-0.2, -0.15) is 0 Å². The number of carboxylic acid groups (broad SMARTS) is 1. The fraction of sp³-hybridized carbons (Fsp3) is 0.875. The monoisotopic (exact) mass is 173 g/mol. The van der Waals surface area contributed by atoms with E-state index in [1.165, 1.54) is 0 Å². The molecule has 0 unspecified atom stereocenters. The first-order valence-corrected chi connectivity index (χ1v) is 4.14. The number of rotatable bonds is 3. The van der Waals surface area contributed by atoms with E-state index in [1.807, 2.05) is 4.90 Å². The van der Waals surface area contributed by atoms with Gasteiger partial charge in [0, 0.05) is 20.2 Å². The molecule has 1 fully saturated rings. The summed E-state index contributed by atoms with van der Waals surface area (Å²) in [5.41, 5.74) is 0. The Morgan fingerprint density at radius 3 is 2.83 bits per heavy atom. The first kappa shape index (κ1) is 9.48. The molecule has 1 N–H and O–H groups in total. The van der Waals surface area contributed by atoms with Gasteiger partial charge in [0.25, 0.3) is 0 Å². The average Bonchev–Trinajstić information content (AvgIpc) is 2.50. The Hall–Kier alpha value is -0.610. The Balaban J connectivity index is 2.41. The van der Waals surface area contributed by atoms with Crippen LogP contribution in [0.4, 0.5) is 0 Å². The van der Waals surface area contributed by atoms with Crippen LogP contribution in [0.25, 0.3) is 0 Å². The molecule has 1 rings (SSSR count). The summed E-state index contributed by atoms with van der Waals surface area (Å²) in [4.78, 5) is 12.5. The highest BCUT2D eigenvalue weighted by Crippen LogP contribution is 2.14. The van der Waals surface area contributed by atoms with Crippen LogP contribution in [0.5, 0.6) is 0 Å². The predicted molar refractivity (Wildman–Crippen MR) is 44.1 cm³/mol.